The van der Waals surface area contributed by atoms with Crippen LogP contribution < -0.4 is 10.6 Å². The molecule has 1 unspecified atom stereocenters. The molecule has 2 amide bonds. The SMILES string of the molecule is Cc1cc(C)n(CC(C)CNC(=O)[C@@H](C)NC(=O)OC(C)(C)C)n1. The number of ether oxygens (including phenoxy) is 1. The van der Waals surface area contributed by atoms with E-state index in [1.165, 1.54) is 0 Å². The third kappa shape index (κ3) is 7.02. The molecule has 2 atom stereocenters. The Morgan fingerprint density at radius 3 is 2.42 bits per heavy atom. The summed E-state index contributed by atoms with van der Waals surface area (Å²) < 4.78 is 7.08. The Hall–Kier alpha value is -2.05. The zero-order chi connectivity index (χ0) is 18.5. The minimum atomic E-state index is -0.652. The van der Waals surface area contributed by atoms with Gasteiger partial charge in [-0.15, -0.1) is 0 Å². The van der Waals surface area contributed by atoms with Crippen LogP contribution in [0.1, 0.15) is 46.0 Å². The summed E-state index contributed by atoms with van der Waals surface area (Å²) in [5, 5.41) is 9.79. The van der Waals surface area contributed by atoms with E-state index >= 15 is 0 Å². The lowest BCUT2D eigenvalue weighted by Gasteiger charge is -2.22. The molecule has 1 aromatic heterocycles. The van der Waals surface area contributed by atoms with E-state index in [-0.39, 0.29) is 11.8 Å². The number of carbonyl (C=O) groups is 2. The Labute approximate surface area is 144 Å². The smallest absolute Gasteiger partial charge is 0.408 e. The van der Waals surface area contributed by atoms with E-state index in [4.69, 9.17) is 4.74 Å². The number of hydrogen-bond acceptors (Lipinski definition) is 4. The molecule has 2 N–H and O–H groups in total. The van der Waals surface area contributed by atoms with Crippen molar-refractivity contribution in [2.75, 3.05) is 6.54 Å². The molecule has 7 nitrogen and oxygen atoms in total. The highest BCUT2D eigenvalue weighted by atomic mass is 16.6. The molecule has 0 aliphatic carbocycles. The van der Waals surface area contributed by atoms with Crippen LogP contribution in [-0.2, 0) is 16.1 Å². The zero-order valence-electron chi connectivity index (χ0n) is 15.8. The molecule has 1 aromatic rings. The van der Waals surface area contributed by atoms with Gasteiger partial charge in [0.05, 0.1) is 5.69 Å². The summed E-state index contributed by atoms with van der Waals surface area (Å²) in [7, 11) is 0. The lowest BCUT2D eigenvalue weighted by atomic mass is 10.1. The maximum atomic E-state index is 12.1. The third-order valence-corrected chi connectivity index (χ3v) is 3.34. The lowest BCUT2D eigenvalue weighted by molar-refractivity contribution is -0.123. The Balaban J connectivity index is 2.39. The average molecular weight is 338 g/mol. The topological polar surface area (TPSA) is 85.2 Å². The first-order valence-electron chi connectivity index (χ1n) is 8.26. The Kier molecular flexibility index (Phi) is 6.81. The van der Waals surface area contributed by atoms with E-state index in [9.17, 15) is 9.59 Å². The van der Waals surface area contributed by atoms with Crippen LogP contribution in [0.4, 0.5) is 4.79 Å². The van der Waals surface area contributed by atoms with Crippen LogP contribution >= 0.6 is 0 Å². The van der Waals surface area contributed by atoms with Gasteiger partial charge in [-0.2, -0.15) is 5.10 Å². The van der Waals surface area contributed by atoms with Gasteiger partial charge >= 0.3 is 6.09 Å². The molecule has 1 rings (SSSR count). The number of rotatable bonds is 6. The maximum absolute atomic E-state index is 12.1. The van der Waals surface area contributed by atoms with Gasteiger partial charge in [0.2, 0.25) is 5.91 Å². The second-order valence-electron chi connectivity index (χ2n) is 7.33. The van der Waals surface area contributed by atoms with E-state index in [1.54, 1.807) is 27.7 Å². The molecule has 136 valence electrons. The van der Waals surface area contributed by atoms with E-state index in [0.717, 1.165) is 17.9 Å². The van der Waals surface area contributed by atoms with Crippen LogP contribution in [0, 0.1) is 19.8 Å². The van der Waals surface area contributed by atoms with Crippen molar-refractivity contribution in [3.8, 4) is 0 Å². The van der Waals surface area contributed by atoms with E-state index in [2.05, 4.69) is 15.7 Å². The predicted octanol–water partition coefficient (Wildman–Crippen LogP) is 2.17. The van der Waals surface area contributed by atoms with Gasteiger partial charge in [0.1, 0.15) is 11.6 Å². The fourth-order valence-corrected chi connectivity index (χ4v) is 2.20. The number of aryl methyl sites for hydroxylation is 2. The molecule has 0 aromatic carbocycles. The van der Waals surface area contributed by atoms with Crippen molar-refractivity contribution < 1.29 is 14.3 Å². The van der Waals surface area contributed by atoms with Crippen LogP contribution in [0.25, 0.3) is 0 Å². The van der Waals surface area contributed by atoms with Crippen molar-refractivity contribution in [3.63, 3.8) is 0 Å². The minimum absolute atomic E-state index is 0.223. The summed E-state index contributed by atoms with van der Waals surface area (Å²) in [6.07, 6.45) is -0.596. The lowest BCUT2D eigenvalue weighted by Crippen LogP contribution is -2.47. The predicted molar refractivity (Wildman–Crippen MR) is 92.7 cm³/mol. The van der Waals surface area contributed by atoms with Gasteiger partial charge in [-0.1, -0.05) is 6.92 Å². The van der Waals surface area contributed by atoms with Gasteiger partial charge in [0, 0.05) is 18.8 Å². The van der Waals surface area contributed by atoms with Crippen molar-refractivity contribution >= 4 is 12.0 Å². The van der Waals surface area contributed by atoms with Crippen LogP contribution in [0.15, 0.2) is 6.07 Å². The van der Waals surface area contributed by atoms with Gasteiger partial charge in [0.25, 0.3) is 0 Å². The Bertz CT molecular complexity index is 575. The summed E-state index contributed by atoms with van der Waals surface area (Å²) in [4.78, 5) is 23.7. The van der Waals surface area contributed by atoms with Crippen molar-refractivity contribution in [1.29, 1.82) is 0 Å². The van der Waals surface area contributed by atoms with Gasteiger partial charge in [-0.25, -0.2) is 4.79 Å². The summed E-state index contributed by atoms with van der Waals surface area (Å²) in [5.74, 6) is -0.0123. The number of amides is 2. The Morgan fingerprint density at radius 2 is 1.92 bits per heavy atom. The highest BCUT2D eigenvalue weighted by Crippen LogP contribution is 2.07. The van der Waals surface area contributed by atoms with Crippen LogP contribution in [0.3, 0.4) is 0 Å². The summed E-state index contributed by atoms with van der Waals surface area (Å²) in [6, 6.07) is 1.37. The number of aromatic nitrogens is 2. The second kappa shape index (κ2) is 8.17. The molecular weight excluding hydrogens is 308 g/mol. The zero-order valence-corrected chi connectivity index (χ0v) is 15.8. The van der Waals surface area contributed by atoms with Crippen molar-refractivity contribution in [2.45, 2.75) is 66.7 Å². The fraction of sp³-hybridized carbons (Fsp3) is 0.706. The first kappa shape index (κ1) is 20.0. The number of nitrogens with one attached hydrogen (secondary N) is 2. The van der Waals surface area contributed by atoms with Crippen molar-refractivity contribution in [1.82, 2.24) is 20.4 Å². The average Bonchev–Trinajstić information content (AvgIpc) is 2.71. The molecule has 0 aliphatic rings. The molecule has 0 aliphatic heterocycles. The van der Waals surface area contributed by atoms with Crippen molar-refractivity contribution in [3.05, 3.63) is 17.5 Å². The first-order valence-corrected chi connectivity index (χ1v) is 8.26. The number of carbonyl (C=O) groups excluding carboxylic acids is 2. The molecule has 0 radical (unpaired) electrons. The Morgan fingerprint density at radius 1 is 1.29 bits per heavy atom. The monoisotopic (exact) mass is 338 g/mol. The fourth-order valence-electron chi connectivity index (χ4n) is 2.20. The van der Waals surface area contributed by atoms with Gasteiger partial charge < -0.3 is 15.4 Å². The van der Waals surface area contributed by atoms with Gasteiger partial charge in [-0.3, -0.25) is 9.48 Å². The summed E-state index contributed by atoms with van der Waals surface area (Å²) >= 11 is 0. The van der Waals surface area contributed by atoms with E-state index in [0.29, 0.717) is 6.54 Å². The van der Waals surface area contributed by atoms with E-state index < -0.39 is 17.7 Å². The number of nitrogens with zero attached hydrogens (tertiary/aromatic N) is 2. The first-order chi connectivity index (χ1) is 11.0. The highest BCUT2D eigenvalue weighted by Gasteiger charge is 2.21. The van der Waals surface area contributed by atoms with Gasteiger partial charge in [0.15, 0.2) is 0 Å². The largest absolute Gasteiger partial charge is 0.444 e. The summed E-state index contributed by atoms with van der Waals surface area (Å²) in [6.45, 7) is 14.2. The number of hydrogen-bond donors (Lipinski definition) is 2. The molecule has 24 heavy (non-hydrogen) atoms. The molecule has 0 spiro atoms. The highest BCUT2D eigenvalue weighted by molar-refractivity contribution is 5.85. The number of alkyl carbamates (subject to hydrolysis) is 1. The second-order valence-corrected chi connectivity index (χ2v) is 7.33. The van der Waals surface area contributed by atoms with Gasteiger partial charge in [-0.05, 0) is 53.5 Å². The molecule has 0 saturated heterocycles. The quantitative estimate of drug-likeness (QED) is 0.832. The standard InChI is InChI=1S/C17H30N4O3/c1-11(10-21-13(3)8-12(2)20-21)9-18-15(22)14(4)19-16(23)24-17(5,6)7/h8,11,14H,9-10H2,1-7H3,(H,18,22)(H,19,23)/t11?,14-/m1/s1. The molecule has 0 saturated carbocycles. The minimum Gasteiger partial charge on any atom is -0.444 e. The normalized spacial score (nSPS) is 14.0. The van der Waals surface area contributed by atoms with E-state index in [1.807, 2.05) is 31.5 Å². The van der Waals surface area contributed by atoms with Crippen LogP contribution in [-0.4, -0.2) is 40.0 Å². The van der Waals surface area contributed by atoms with Crippen LogP contribution in [0.5, 0.6) is 0 Å². The third-order valence-electron chi connectivity index (χ3n) is 3.34. The molecule has 1 heterocycles. The summed E-state index contributed by atoms with van der Waals surface area (Å²) in [5.41, 5.74) is 1.50. The van der Waals surface area contributed by atoms with Crippen molar-refractivity contribution in [2.24, 2.45) is 5.92 Å². The molecule has 0 fully saturated rings. The maximum Gasteiger partial charge on any atom is 0.408 e. The molecule has 0 bridgehead atoms. The van der Waals surface area contributed by atoms with Crippen LogP contribution in [0.2, 0.25) is 0 Å². The molecular formula is C17H30N4O3. The molecule has 7 heteroatoms.